The van der Waals surface area contributed by atoms with Gasteiger partial charge in [-0.3, -0.25) is 0 Å². The van der Waals surface area contributed by atoms with Crippen LogP contribution < -0.4 is 5.32 Å². The fourth-order valence-corrected chi connectivity index (χ4v) is 4.53. The summed E-state index contributed by atoms with van der Waals surface area (Å²) in [5, 5.41) is 5.87. The lowest BCUT2D eigenvalue weighted by Gasteiger charge is -2.38. The van der Waals surface area contributed by atoms with Gasteiger partial charge in [0.2, 0.25) is 0 Å². The highest BCUT2D eigenvalue weighted by Gasteiger charge is 2.31. The molecule has 1 fully saturated rings. The highest BCUT2D eigenvalue weighted by molar-refractivity contribution is 7.10. The van der Waals surface area contributed by atoms with Crippen molar-refractivity contribution in [2.75, 3.05) is 13.1 Å². The van der Waals surface area contributed by atoms with Gasteiger partial charge in [0.1, 0.15) is 0 Å². The summed E-state index contributed by atoms with van der Waals surface area (Å²) < 4.78 is 0. The molecular formula is C18H31NS. The van der Waals surface area contributed by atoms with Crippen molar-refractivity contribution in [3.63, 3.8) is 0 Å². The van der Waals surface area contributed by atoms with E-state index in [0.717, 1.165) is 0 Å². The lowest BCUT2D eigenvalue weighted by atomic mass is 9.69. The Morgan fingerprint density at radius 3 is 2.60 bits per heavy atom. The van der Waals surface area contributed by atoms with Crippen LogP contribution in [0.25, 0.3) is 0 Å². The third kappa shape index (κ3) is 4.60. The summed E-state index contributed by atoms with van der Waals surface area (Å²) in [7, 11) is 0. The quantitative estimate of drug-likeness (QED) is 0.639. The number of hydrogen-bond donors (Lipinski definition) is 1. The van der Waals surface area contributed by atoms with Crippen molar-refractivity contribution in [3.8, 4) is 0 Å². The van der Waals surface area contributed by atoms with Crippen LogP contribution >= 0.6 is 11.3 Å². The zero-order valence-corrected chi connectivity index (χ0v) is 14.2. The molecule has 1 aliphatic carbocycles. The van der Waals surface area contributed by atoms with E-state index in [0.29, 0.717) is 5.41 Å². The predicted octanol–water partition coefficient (Wildman–Crippen LogP) is 5.33. The Bertz CT molecular complexity index is 377. The molecule has 1 saturated carbocycles. The number of aryl methyl sites for hydroxylation is 2. The van der Waals surface area contributed by atoms with Gasteiger partial charge in [0.05, 0.1) is 0 Å². The summed E-state index contributed by atoms with van der Waals surface area (Å²) in [6, 6.07) is 2.27. The standard InChI is InChI=1S/C18H31NS/c1-3-13-19-14-12-18(9-5-4-6-10-18)11-7-17-16(2)8-15-20-17/h8,15,19H,3-7,9-14H2,1-2H3. The van der Waals surface area contributed by atoms with E-state index < -0.39 is 0 Å². The van der Waals surface area contributed by atoms with E-state index in [9.17, 15) is 0 Å². The van der Waals surface area contributed by atoms with Gasteiger partial charge in [0, 0.05) is 4.88 Å². The van der Waals surface area contributed by atoms with Crippen LogP contribution in [0.15, 0.2) is 11.4 Å². The molecule has 2 heteroatoms. The second-order valence-electron chi connectivity index (χ2n) is 6.59. The zero-order valence-electron chi connectivity index (χ0n) is 13.3. The highest BCUT2D eigenvalue weighted by atomic mass is 32.1. The average Bonchev–Trinajstić information content (AvgIpc) is 2.88. The molecule has 1 N–H and O–H groups in total. The minimum atomic E-state index is 0.634. The van der Waals surface area contributed by atoms with Crippen LogP contribution in [0.1, 0.15) is 68.7 Å². The van der Waals surface area contributed by atoms with Crippen LogP contribution in [-0.2, 0) is 6.42 Å². The van der Waals surface area contributed by atoms with Crippen LogP contribution in [0.4, 0.5) is 0 Å². The van der Waals surface area contributed by atoms with Gasteiger partial charge >= 0.3 is 0 Å². The monoisotopic (exact) mass is 293 g/mol. The predicted molar refractivity (Wildman–Crippen MR) is 90.7 cm³/mol. The molecule has 1 aromatic heterocycles. The normalized spacial score (nSPS) is 18.3. The molecule has 1 aliphatic rings. The van der Waals surface area contributed by atoms with Gasteiger partial charge in [0.25, 0.3) is 0 Å². The van der Waals surface area contributed by atoms with Crippen molar-refractivity contribution < 1.29 is 0 Å². The molecular weight excluding hydrogens is 262 g/mol. The molecule has 1 heterocycles. The third-order valence-electron chi connectivity index (χ3n) is 5.02. The van der Waals surface area contributed by atoms with Crippen LogP contribution in [-0.4, -0.2) is 13.1 Å². The largest absolute Gasteiger partial charge is 0.317 e. The Balaban J connectivity index is 1.87. The number of thiophene rings is 1. The molecule has 0 unspecified atom stereocenters. The van der Waals surface area contributed by atoms with Crippen molar-refractivity contribution >= 4 is 11.3 Å². The van der Waals surface area contributed by atoms with Crippen LogP contribution in [0.5, 0.6) is 0 Å². The molecule has 0 amide bonds. The fourth-order valence-electron chi connectivity index (χ4n) is 3.62. The molecule has 0 saturated heterocycles. The SMILES string of the molecule is CCCNCCC1(CCc2sccc2C)CCCCC1. The van der Waals surface area contributed by atoms with Crippen molar-refractivity contribution in [3.05, 3.63) is 21.9 Å². The number of rotatable bonds is 8. The second kappa shape index (κ2) is 8.19. The Hall–Kier alpha value is -0.340. The van der Waals surface area contributed by atoms with Crippen molar-refractivity contribution in [1.29, 1.82) is 0 Å². The second-order valence-corrected chi connectivity index (χ2v) is 7.59. The topological polar surface area (TPSA) is 12.0 Å². The summed E-state index contributed by atoms with van der Waals surface area (Å²) in [6.45, 7) is 6.92. The third-order valence-corrected chi connectivity index (χ3v) is 6.11. The molecule has 0 aliphatic heterocycles. The van der Waals surface area contributed by atoms with Crippen molar-refractivity contribution in [2.45, 2.75) is 71.6 Å². The maximum absolute atomic E-state index is 3.61. The van der Waals surface area contributed by atoms with E-state index in [1.165, 1.54) is 76.4 Å². The Morgan fingerprint density at radius 1 is 1.15 bits per heavy atom. The summed E-state index contributed by atoms with van der Waals surface area (Å²) in [6.07, 6.45) is 12.6. The maximum Gasteiger partial charge on any atom is 0.00746 e. The van der Waals surface area contributed by atoms with E-state index >= 15 is 0 Å². The minimum absolute atomic E-state index is 0.634. The number of hydrogen-bond acceptors (Lipinski definition) is 2. The Morgan fingerprint density at radius 2 is 1.95 bits per heavy atom. The molecule has 2 rings (SSSR count). The van der Waals surface area contributed by atoms with Gasteiger partial charge < -0.3 is 5.32 Å². The van der Waals surface area contributed by atoms with E-state index in [2.05, 4.69) is 30.6 Å². The molecule has 1 aromatic rings. The van der Waals surface area contributed by atoms with Crippen molar-refractivity contribution in [1.82, 2.24) is 5.32 Å². The first kappa shape index (κ1) is 16.0. The molecule has 0 spiro atoms. The van der Waals surface area contributed by atoms with Gasteiger partial charge in [-0.05, 0) is 81.0 Å². The molecule has 0 aromatic carbocycles. The lowest BCUT2D eigenvalue weighted by Crippen LogP contribution is -2.30. The van der Waals surface area contributed by atoms with Gasteiger partial charge in [-0.2, -0.15) is 0 Å². The lowest BCUT2D eigenvalue weighted by molar-refractivity contribution is 0.157. The van der Waals surface area contributed by atoms with Crippen LogP contribution in [0.3, 0.4) is 0 Å². The zero-order chi connectivity index (χ0) is 14.3. The first-order valence-corrected chi connectivity index (χ1v) is 9.37. The molecule has 0 radical (unpaired) electrons. The summed E-state index contributed by atoms with van der Waals surface area (Å²) in [5.74, 6) is 0. The minimum Gasteiger partial charge on any atom is -0.317 e. The van der Waals surface area contributed by atoms with Gasteiger partial charge in [-0.1, -0.05) is 26.2 Å². The van der Waals surface area contributed by atoms with E-state index in [4.69, 9.17) is 0 Å². The molecule has 114 valence electrons. The average molecular weight is 294 g/mol. The van der Waals surface area contributed by atoms with Gasteiger partial charge in [-0.15, -0.1) is 11.3 Å². The molecule has 1 nitrogen and oxygen atoms in total. The van der Waals surface area contributed by atoms with E-state index in [1.54, 1.807) is 4.88 Å². The van der Waals surface area contributed by atoms with E-state index in [-0.39, 0.29) is 0 Å². The first-order valence-electron chi connectivity index (χ1n) is 8.49. The first-order chi connectivity index (χ1) is 9.76. The Labute approximate surface area is 129 Å². The molecule has 0 atom stereocenters. The van der Waals surface area contributed by atoms with Crippen molar-refractivity contribution in [2.24, 2.45) is 5.41 Å². The van der Waals surface area contributed by atoms with Gasteiger partial charge in [-0.25, -0.2) is 0 Å². The van der Waals surface area contributed by atoms with Crippen LogP contribution in [0, 0.1) is 12.3 Å². The maximum atomic E-state index is 3.61. The summed E-state index contributed by atoms with van der Waals surface area (Å²) in [5.41, 5.74) is 2.14. The fraction of sp³-hybridized carbons (Fsp3) is 0.778. The summed E-state index contributed by atoms with van der Waals surface area (Å²) >= 11 is 1.95. The number of nitrogens with one attached hydrogen (secondary N) is 1. The smallest absolute Gasteiger partial charge is 0.00746 e. The molecule has 20 heavy (non-hydrogen) atoms. The Kier molecular flexibility index (Phi) is 6.57. The van der Waals surface area contributed by atoms with Gasteiger partial charge in [0.15, 0.2) is 0 Å². The summed E-state index contributed by atoms with van der Waals surface area (Å²) in [4.78, 5) is 1.62. The van der Waals surface area contributed by atoms with E-state index in [1.807, 2.05) is 11.3 Å². The molecule has 0 bridgehead atoms. The highest BCUT2D eigenvalue weighted by Crippen LogP contribution is 2.43. The van der Waals surface area contributed by atoms with Crippen LogP contribution in [0.2, 0.25) is 0 Å².